The van der Waals surface area contributed by atoms with Crippen LogP contribution < -0.4 is 24.6 Å². The van der Waals surface area contributed by atoms with E-state index in [9.17, 15) is 14.9 Å². The fourth-order valence-electron chi connectivity index (χ4n) is 14.2. The Kier molecular flexibility index (Phi) is 12.2. The normalized spacial score (nSPS) is 22.6. The Bertz CT molecular complexity index is 2910. The number of piperidine rings is 1. The van der Waals surface area contributed by atoms with Crippen molar-refractivity contribution in [3.63, 3.8) is 0 Å². The number of nitrogens with zero attached hydrogens (tertiary/aromatic N) is 9. The summed E-state index contributed by atoms with van der Waals surface area (Å²) in [6, 6.07) is 21.2. The van der Waals surface area contributed by atoms with Crippen molar-refractivity contribution >= 4 is 29.0 Å². The van der Waals surface area contributed by atoms with Crippen LogP contribution in [0, 0.1) is 34.5 Å². The van der Waals surface area contributed by atoms with Gasteiger partial charge in [-0.1, -0.05) is 27.7 Å². The number of anilines is 3. The second-order valence-corrected chi connectivity index (χ2v) is 23.3. The Morgan fingerprint density at radius 1 is 0.889 bits per heavy atom. The van der Waals surface area contributed by atoms with Crippen LogP contribution in [0.1, 0.15) is 124 Å². The molecule has 6 heterocycles. The van der Waals surface area contributed by atoms with Gasteiger partial charge in [0.15, 0.2) is 5.82 Å². The predicted molar refractivity (Wildman–Crippen MR) is 280 cm³/mol. The number of fused-ring (bicyclic) bond motifs is 2. The molecule has 72 heavy (non-hydrogen) atoms. The van der Waals surface area contributed by atoms with Gasteiger partial charge in [-0.05, 0) is 124 Å². The third-order valence-electron chi connectivity index (χ3n) is 17.9. The van der Waals surface area contributed by atoms with Crippen LogP contribution in [0.5, 0.6) is 11.5 Å². The van der Waals surface area contributed by atoms with Crippen molar-refractivity contribution in [3.8, 4) is 28.7 Å². The molecule has 2 aliphatic carbocycles. The van der Waals surface area contributed by atoms with Crippen LogP contribution in [0.4, 0.5) is 17.2 Å². The molecule has 0 radical (unpaired) electrons. The molecule has 2 aromatic heterocycles. The minimum absolute atomic E-state index is 0.0709. The first-order valence-corrected chi connectivity index (χ1v) is 26.5. The van der Waals surface area contributed by atoms with Crippen LogP contribution in [-0.4, -0.2) is 106 Å². The standard InChI is InChI=1S/C58H72N10O4/c1-37-28-50-40(29-47(37)42-32-60-63(7)33-42)10-9-24-67(50)52-48-34-65(38(2)69)27-21-49(48)68(62-52)45-19-25-64(26-20-45)44-17-22-58(23-18-44)35-66(36-58)43-14-11-39(12-15-43)53(70)61-54-56(3,4)55(57(54,5)6)72-46-16-13-41(31-59)51(30-46)71-8/h11-16,28-30,32-33,44-45,54-55H,9-10,17-27,34-36H2,1-8H3,(H,61,70). The van der Waals surface area contributed by atoms with E-state index in [0.717, 1.165) is 82.8 Å². The topological polar surface area (TPSA) is 137 Å². The monoisotopic (exact) mass is 973 g/mol. The molecule has 0 atom stereocenters. The van der Waals surface area contributed by atoms with Gasteiger partial charge in [-0.25, -0.2) is 0 Å². The number of likely N-dealkylation sites (tertiary alicyclic amines) is 1. The number of ether oxygens (including phenoxy) is 2. The van der Waals surface area contributed by atoms with Crippen LogP contribution in [0.25, 0.3) is 11.1 Å². The first kappa shape index (κ1) is 48.0. The molecule has 2 saturated carbocycles. The summed E-state index contributed by atoms with van der Waals surface area (Å²) in [6.07, 6.45) is 14.0. The molecular weight excluding hydrogens is 901 g/mol. The van der Waals surface area contributed by atoms with Gasteiger partial charge < -0.3 is 34.4 Å². The highest BCUT2D eigenvalue weighted by molar-refractivity contribution is 5.95. The molecule has 1 spiro atoms. The van der Waals surface area contributed by atoms with Crippen molar-refractivity contribution in [3.05, 3.63) is 101 Å². The number of nitrogens with one attached hydrogen (secondary N) is 1. The van der Waals surface area contributed by atoms with Crippen LogP contribution in [0.3, 0.4) is 0 Å². The number of aromatic nitrogens is 4. The second-order valence-electron chi connectivity index (χ2n) is 23.3. The van der Waals surface area contributed by atoms with Gasteiger partial charge in [-0.2, -0.15) is 15.5 Å². The van der Waals surface area contributed by atoms with Gasteiger partial charge in [0.05, 0.1) is 31.5 Å². The zero-order valence-corrected chi connectivity index (χ0v) is 43.6. The highest BCUT2D eigenvalue weighted by atomic mass is 16.5. The number of carbonyl (C=O) groups is 2. The third-order valence-corrected chi connectivity index (χ3v) is 17.9. The fourth-order valence-corrected chi connectivity index (χ4v) is 14.2. The maximum atomic E-state index is 13.7. The summed E-state index contributed by atoms with van der Waals surface area (Å²) in [7, 11) is 3.52. The minimum Gasteiger partial charge on any atom is -0.495 e. The molecule has 14 heteroatoms. The molecule has 14 nitrogen and oxygen atoms in total. The SMILES string of the molecule is COc1cc(OC2C(C)(C)C(NC(=O)c3ccc(N4CC5(CCC(N6CCC(n7nc(N8CCCc9cc(-c%10cnn(C)c%10)c(C)cc98)c8c7CCN(C(C)=O)C8)CC6)CC5)C4)cc3)C2(C)C)ccc1C#N. The van der Waals surface area contributed by atoms with Gasteiger partial charge in [0.25, 0.3) is 5.91 Å². The van der Waals surface area contributed by atoms with Crippen molar-refractivity contribution in [2.45, 2.75) is 130 Å². The average molecular weight is 973 g/mol. The summed E-state index contributed by atoms with van der Waals surface area (Å²) in [4.78, 5) is 36.2. The lowest BCUT2D eigenvalue weighted by molar-refractivity contribution is -0.164. The van der Waals surface area contributed by atoms with E-state index in [0.29, 0.717) is 46.7 Å². The number of nitriles is 1. The summed E-state index contributed by atoms with van der Waals surface area (Å²) in [5.41, 5.74) is 10.8. The highest BCUT2D eigenvalue weighted by Gasteiger charge is 2.64. The molecular formula is C58H72N10O4. The van der Waals surface area contributed by atoms with Crippen LogP contribution >= 0.6 is 0 Å². The van der Waals surface area contributed by atoms with Crippen molar-refractivity contribution < 1.29 is 19.1 Å². The summed E-state index contributed by atoms with van der Waals surface area (Å²) in [6.45, 7) is 19.1. The Balaban J connectivity index is 0.685. The van der Waals surface area contributed by atoms with Crippen molar-refractivity contribution in [1.82, 2.24) is 34.7 Å². The molecule has 1 N–H and O–H groups in total. The van der Waals surface area contributed by atoms with E-state index in [2.05, 4.69) is 101 Å². The van der Waals surface area contributed by atoms with Gasteiger partial charge in [-0.15, -0.1) is 0 Å². The quantitative estimate of drug-likeness (QED) is 0.144. The van der Waals surface area contributed by atoms with Gasteiger partial charge in [0.1, 0.15) is 23.7 Å². The van der Waals surface area contributed by atoms with Crippen LogP contribution in [0.15, 0.2) is 67.0 Å². The number of rotatable bonds is 10. The van der Waals surface area contributed by atoms with E-state index in [1.807, 2.05) is 35.0 Å². The molecule has 5 aromatic rings. The largest absolute Gasteiger partial charge is 0.495 e. The number of aryl methyl sites for hydroxylation is 3. The van der Waals surface area contributed by atoms with E-state index in [1.54, 1.807) is 32.2 Å². The van der Waals surface area contributed by atoms with Gasteiger partial charge in [0, 0.05) is 134 Å². The van der Waals surface area contributed by atoms with E-state index >= 15 is 0 Å². The highest BCUT2D eigenvalue weighted by Crippen LogP contribution is 2.56. The Morgan fingerprint density at radius 3 is 2.29 bits per heavy atom. The van der Waals surface area contributed by atoms with E-state index < -0.39 is 0 Å². The number of carbonyl (C=O) groups excluding carboxylic acids is 2. The molecule has 378 valence electrons. The molecule has 2 saturated heterocycles. The van der Waals surface area contributed by atoms with Crippen LogP contribution in [0.2, 0.25) is 0 Å². The first-order valence-electron chi connectivity index (χ1n) is 26.5. The minimum atomic E-state index is -0.331. The number of methoxy groups -OCH3 is 1. The Hall–Kier alpha value is -6.33. The zero-order valence-electron chi connectivity index (χ0n) is 43.6. The lowest BCUT2D eigenvalue weighted by Gasteiger charge is -2.63. The van der Waals surface area contributed by atoms with Gasteiger partial charge >= 0.3 is 0 Å². The third kappa shape index (κ3) is 8.39. The van der Waals surface area contributed by atoms with E-state index in [1.165, 1.54) is 65.0 Å². The summed E-state index contributed by atoms with van der Waals surface area (Å²) in [5, 5.41) is 22.8. The number of benzene rings is 3. The lowest BCUT2D eigenvalue weighted by atomic mass is 9.49. The maximum Gasteiger partial charge on any atom is 0.251 e. The number of hydrogen-bond donors (Lipinski definition) is 1. The molecule has 4 fully saturated rings. The summed E-state index contributed by atoms with van der Waals surface area (Å²) < 4.78 is 16.2. The molecule has 2 amide bonds. The van der Waals surface area contributed by atoms with Crippen molar-refractivity contribution in [1.29, 1.82) is 5.26 Å². The molecule has 0 bridgehead atoms. The number of hydrogen-bond acceptors (Lipinski definition) is 10. The summed E-state index contributed by atoms with van der Waals surface area (Å²) in [5.74, 6) is 2.24. The average Bonchev–Trinajstić information content (AvgIpc) is 3.99. The number of amides is 2. The second kappa shape index (κ2) is 18.3. The smallest absolute Gasteiger partial charge is 0.251 e. The Labute approximate surface area is 425 Å². The predicted octanol–water partition coefficient (Wildman–Crippen LogP) is 9.16. The van der Waals surface area contributed by atoms with Crippen LogP contribution in [-0.2, 0) is 31.2 Å². The van der Waals surface area contributed by atoms with E-state index in [-0.39, 0.29) is 34.8 Å². The summed E-state index contributed by atoms with van der Waals surface area (Å²) >= 11 is 0. The van der Waals surface area contributed by atoms with Gasteiger partial charge in [-0.3, -0.25) is 19.0 Å². The molecule has 0 unspecified atom stereocenters. The van der Waals surface area contributed by atoms with E-state index in [4.69, 9.17) is 14.6 Å². The van der Waals surface area contributed by atoms with Crippen molar-refractivity contribution in [2.75, 3.05) is 56.2 Å². The van der Waals surface area contributed by atoms with Crippen molar-refractivity contribution in [2.24, 2.45) is 23.3 Å². The molecule has 6 aliphatic rings. The molecule has 11 rings (SSSR count). The lowest BCUT2D eigenvalue weighted by Crippen LogP contribution is -2.74. The molecule has 4 aliphatic heterocycles. The first-order chi connectivity index (χ1) is 34.5. The van der Waals surface area contributed by atoms with Gasteiger partial charge in [0.2, 0.25) is 5.91 Å². The zero-order chi connectivity index (χ0) is 50.3. The fraction of sp³-hybridized carbons (Fsp3) is 0.534. The Morgan fingerprint density at radius 2 is 1.62 bits per heavy atom. The molecule has 3 aromatic carbocycles. The maximum absolute atomic E-state index is 13.7.